The largest absolute Gasteiger partial charge is 0.472 e. The number of nitrogens with one attached hydrogen (secondary N) is 1. The number of hydrogen-bond acceptors (Lipinski definition) is 6. The number of hydrogen-bond donors (Lipinski definition) is 1. The molecule has 3 aromatic rings. The molecule has 0 aromatic carbocycles. The first-order chi connectivity index (χ1) is 12.2. The number of rotatable bonds is 4. The Balaban J connectivity index is 1.42. The SMILES string of the molecule is Cc1ccc(NCc2cn3c(n2)CN(C(=O)c2ccoc2)CC3)nn1. The summed E-state index contributed by atoms with van der Waals surface area (Å²) >= 11 is 0. The quantitative estimate of drug-likeness (QED) is 0.781. The topological polar surface area (TPSA) is 89.1 Å². The zero-order valence-electron chi connectivity index (χ0n) is 13.8. The molecule has 1 N–H and O–H groups in total. The van der Waals surface area contributed by atoms with E-state index >= 15 is 0 Å². The van der Waals surface area contributed by atoms with E-state index in [1.54, 1.807) is 11.0 Å². The van der Waals surface area contributed by atoms with Crippen molar-refractivity contribution < 1.29 is 9.21 Å². The molecule has 0 atom stereocenters. The van der Waals surface area contributed by atoms with Crippen LogP contribution in [-0.4, -0.2) is 37.1 Å². The Morgan fingerprint density at radius 3 is 2.96 bits per heavy atom. The van der Waals surface area contributed by atoms with E-state index in [1.165, 1.54) is 12.5 Å². The van der Waals surface area contributed by atoms with Gasteiger partial charge in [0.2, 0.25) is 0 Å². The van der Waals surface area contributed by atoms with Crippen LogP contribution in [0.5, 0.6) is 0 Å². The van der Waals surface area contributed by atoms with Gasteiger partial charge in [0.25, 0.3) is 5.91 Å². The first kappa shape index (κ1) is 15.4. The fraction of sp³-hybridized carbons (Fsp3) is 0.294. The van der Waals surface area contributed by atoms with Crippen LogP contribution in [0, 0.1) is 6.92 Å². The third-order valence-corrected chi connectivity index (χ3v) is 4.16. The molecule has 0 spiro atoms. The molecule has 0 saturated heterocycles. The monoisotopic (exact) mass is 338 g/mol. The van der Waals surface area contributed by atoms with Crippen molar-refractivity contribution in [3.8, 4) is 0 Å². The maximum Gasteiger partial charge on any atom is 0.257 e. The lowest BCUT2D eigenvalue weighted by Crippen LogP contribution is -2.38. The van der Waals surface area contributed by atoms with E-state index in [0.717, 1.165) is 23.8 Å². The van der Waals surface area contributed by atoms with Gasteiger partial charge in [-0.1, -0.05) is 0 Å². The molecular formula is C17H18N6O2. The van der Waals surface area contributed by atoms with Crippen LogP contribution in [0.1, 0.15) is 27.6 Å². The molecular weight excluding hydrogens is 320 g/mol. The second-order valence-corrected chi connectivity index (χ2v) is 5.99. The zero-order chi connectivity index (χ0) is 17.2. The average Bonchev–Trinajstić information content (AvgIpc) is 3.29. The molecule has 0 bridgehead atoms. The maximum atomic E-state index is 12.4. The van der Waals surface area contributed by atoms with Crippen molar-refractivity contribution in [2.45, 2.75) is 26.6 Å². The first-order valence-electron chi connectivity index (χ1n) is 8.09. The summed E-state index contributed by atoms with van der Waals surface area (Å²) in [5.74, 6) is 1.57. The Morgan fingerprint density at radius 1 is 1.28 bits per heavy atom. The summed E-state index contributed by atoms with van der Waals surface area (Å²) in [5, 5.41) is 11.3. The van der Waals surface area contributed by atoms with Crippen molar-refractivity contribution >= 4 is 11.7 Å². The highest BCUT2D eigenvalue weighted by Crippen LogP contribution is 2.16. The summed E-state index contributed by atoms with van der Waals surface area (Å²) in [4.78, 5) is 18.8. The summed E-state index contributed by atoms with van der Waals surface area (Å²) in [6, 6.07) is 5.48. The molecule has 4 heterocycles. The van der Waals surface area contributed by atoms with Crippen LogP contribution in [0.25, 0.3) is 0 Å². The third kappa shape index (κ3) is 3.23. The van der Waals surface area contributed by atoms with Crippen molar-refractivity contribution in [2.24, 2.45) is 0 Å². The lowest BCUT2D eigenvalue weighted by atomic mass is 10.2. The van der Waals surface area contributed by atoms with Gasteiger partial charge in [0.15, 0.2) is 0 Å². The van der Waals surface area contributed by atoms with Gasteiger partial charge in [-0.2, -0.15) is 5.10 Å². The predicted molar refractivity (Wildman–Crippen MR) is 89.8 cm³/mol. The predicted octanol–water partition coefficient (Wildman–Crippen LogP) is 1.84. The van der Waals surface area contributed by atoms with Gasteiger partial charge in [-0.3, -0.25) is 4.79 Å². The molecule has 1 aliphatic heterocycles. The molecule has 25 heavy (non-hydrogen) atoms. The first-order valence-corrected chi connectivity index (χ1v) is 8.09. The molecule has 3 aromatic heterocycles. The van der Waals surface area contributed by atoms with Crippen molar-refractivity contribution in [3.05, 3.63) is 59.7 Å². The zero-order valence-corrected chi connectivity index (χ0v) is 13.8. The Kier molecular flexibility index (Phi) is 3.93. The van der Waals surface area contributed by atoms with E-state index in [-0.39, 0.29) is 5.91 Å². The highest BCUT2D eigenvalue weighted by Gasteiger charge is 2.23. The van der Waals surface area contributed by atoms with E-state index in [2.05, 4.69) is 25.1 Å². The Labute approximate surface area is 144 Å². The number of aryl methyl sites for hydroxylation is 1. The molecule has 1 aliphatic rings. The average molecular weight is 338 g/mol. The number of furan rings is 1. The molecule has 4 rings (SSSR count). The maximum absolute atomic E-state index is 12.4. The van der Waals surface area contributed by atoms with Crippen LogP contribution in [0.2, 0.25) is 0 Å². The number of carbonyl (C=O) groups excluding carboxylic acids is 1. The summed E-state index contributed by atoms with van der Waals surface area (Å²) in [6.07, 6.45) is 5.00. The van der Waals surface area contributed by atoms with Crippen LogP contribution in [0.4, 0.5) is 5.82 Å². The van der Waals surface area contributed by atoms with Gasteiger partial charge in [-0.15, -0.1) is 5.10 Å². The molecule has 0 unspecified atom stereocenters. The molecule has 8 nitrogen and oxygen atoms in total. The number of aromatic nitrogens is 4. The van der Waals surface area contributed by atoms with Crippen molar-refractivity contribution in [1.82, 2.24) is 24.6 Å². The van der Waals surface area contributed by atoms with Crippen LogP contribution < -0.4 is 5.32 Å². The van der Waals surface area contributed by atoms with Crippen LogP contribution in [0.3, 0.4) is 0 Å². The van der Waals surface area contributed by atoms with E-state index < -0.39 is 0 Å². The van der Waals surface area contributed by atoms with E-state index in [0.29, 0.717) is 31.0 Å². The molecule has 1 amide bonds. The van der Waals surface area contributed by atoms with Crippen molar-refractivity contribution in [2.75, 3.05) is 11.9 Å². The number of amides is 1. The summed E-state index contributed by atoms with van der Waals surface area (Å²) in [6.45, 7) is 4.35. The third-order valence-electron chi connectivity index (χ3n) is 4.16. The number of imidazole rings is 1. The van der Waals surface area contributed by atoms with E-state index in [9.17, 15) is 4.79 Å². The van der Waals surface area contributed by atoms with Gasteiger partial charge in [-0.05, 0) is 25.1 Å². The normalized spacial score (nSPS) is 13.6. The fourth-order valence-electron chi connectivity index (χ4n) is 2.81. The number of carbonyl (C=O) groups is 1. The summed E-state index contributed by atoms with van der Waals surface area (Å²) in [5.41, 5.74) is 2.36. The van der Waals surface area contributed by atoms with Crippen molar-refractivity contribution in [1.29, 1.82) is 0 Å². The van der Waals surface area contributed by atoms with E-state index in [1.807, 2.05) is 25.3 Å². The highest BCUT2D eigenvalue weighted by molar-refractivity contribution is 5.93. The van der Waals surface area contributed by atoms with Gasteiger partial charge in [-0.25, -0.2) is 4.98 Å². The minimum absolute atomic E-state index is 0.0300. The second kappa shape index (κ2) is 6.39. The lowest BCUT2D eigenvalue weighted by Gasteiger charge is -2.27. The summed E-state index contributed by atoms with van der Waals surface area (Å²) in [7, 11) is 0. The molecule has 0 saturated carbocycles. The van der Waals surface area contributed by atoms with Crippen molar-refractivity contribution in [3.63, 3.8) is 0 Å². The highest BCUT2D eigenvalue weighted by atomic mass is 16.3. The smallest absolute Gasteiger partial charge is 0.257 e. The van der Waals surface area contributed by atoms with Crippen LogP contribution in [-0.2, 0) is 19.6 Å². The second-order valence-electron chi connectivity index (χ2n) is 5.99. The van der Waals surface area contributed by atoms with Crippen LogP contribution in [0.15, 0.2) is 41.3 Å². The Bertz CT molecular complexity index is 869. The molecule has 0 radical (unpaired) electrons. The number of fused-ring (bicyclic) bond motifs is 1. The molecule has 0 fully saturated rings. The molecule has 128 valence electrons. The Hall–Kier alpha value is -3.16. The van der Waals surface area contributed by atoms with Gasteiger partial charge >= 0.3 is 0 Å². The minimum atomic E-state index is -0.0300. The molecule has 0 aliphatic carbocycles. The van der Waals surface area contributed by atoms with Gasteiger partial charge in [0.1, 0.15) is 17.9 Å². The van der Waals surface area contributed by atoms with Crippen LogP contribution >= 0.6 is 0 Å². The minimum Gasteiger partial charge on any atom is -0.472 e. The van der Waals surface area contributed by atoms with Gasteiger partial charge < -0.3 is 19.2 Å². The standard InChI is InChI=1S/C17H18N6O2/c1-12-2-3-15(21-20-12)18-8-14-9-22-5-6-23(10-16(22)19-14)17(24)13-4-7-25-11-13/h2-4,7,9,11H,5-6,8,10H2,1H3,(H,18,21). The van der Waals surface area contributed by atoms with E-state index in [4.69, 9.17) is 4.42 Å². The Morgan fingerprint density at radius 2 is 2.20 bits per heavy atom. The lowest BCUT2D eigenvalue weighted by molar-refractivity contribution is 0.0707. The number of nitrogens with zero attached hydrogens (tertiary/aromatic N) is 5. The summed E-state index contributed by atoms with van der Waals surface area (Å²) < 4.78 is 7.09. The molecule has 8 heteroatoms. The van der Waals surface area contributed by atoms with Gasteiger partial charge in [0.05, 0.1) is 36.3 Å². The van der Waals surface area contributed by atoms with Gasteiger partial charge in [0, 0.05) is 19.3 Å². The fourth-order valence-corrected chi connectivity index (χ4v) is 2.81. The number of anilines is 1.